The van der Waals surface area contributed by atoms with Gasteiger partial charge in [-0.25, -0.2) is 8.42 Å². The van der Waals surface area contributed by atoms with Crippen molar-refractivity contribution >= 4 is 33.1 Å². The van der Waals surface area contributed by atoms with Crippen molar-refractivity contribution in [1.29, 1.82) is 0 Å². The molecule has 1 N–H and O–H groups in total. The molecule has 1 atom stereocenters. The second-order valence-corrected chi connectivity index (χ2v) is 6.69. The molecule has 0 spiro atoms. The fraction of sp³-hybridized carbons (Fsp3) is 0.364. The summed E-state index contributed by atoms with van der Waals surface area (Å²) < 4.78 is 24.0. The van der Waals surface area contributed by atoms with E-state index in [9.17, 15) is 23.3 Å². The summed E-state index contributed by atoms with van der Waals surface area (Å²) in [6.45, 7) is 1.42. The van der Waals surface area contributed by atoms with Gasteiger partial charge in [-0.3, -0.25) is 14.9 Å². The highest BCUT2D eigenvalue weighted by Crippen LogP contribution is 2.26. The van der Waals surface area contributed by atoms with Gasteiger partial charge in [0.2, 0.25) is 0 Å². The van der Waals surface area contributed by atoms with Crippen molar-refractivity contribution in [2.75, 3.05) is 0 Å². The number of nitro groups is 1. The molecule has 0 bridgehead atoms. The molecule has 0 aliphatic heterocycles. The molecule has 0 aliphatic carbocycles. The number of nitrogens with zero attached hydrogens (tertiary/aromatic N) is 1. The number of hydrogen-bond donors (Lipinski definition) is 1. The quantitative estimate of drug-likeness (QED) is 0.633. The molecule has 9 heteroatoms. The van der Waals surface area contributed by atoms with Gasteiger partial charge in [-0.2, -0.15) is 0 Å². The van der Waals surface area contributed by atoms with Crippen LogP contribution in [0.15, 0.2) is 18.2 Å². The number of benzene rings is 1. The van der Waals surface area contributed by atoms with Gasteiger partial charge in [-0.05, 0) is 18.6 Å². The zero-order chi connectivity index (χ0) is 15.5. The highest BCUT2D eigenvalue weighted by Gasteiger charge is 2.32. The van der Waals surface area contributed by atoms with E-state index in [2.05, 4.69) is 0 Å². The second kappa shape index (κ2) is 6.19. The van der Waals surface area contributed by atoms with E-state index in [1.807, 2.05) is 0 Å². The largest absolute Gasteiger partial charge is 0.480 e. The predicted octanol–water partition coefficient (Wildman–Crippen LogP) is 2.03. The van der Waals surface area contributed by atoms with Crippen molar-refractivity contribution in [3.8, 4) is 0 Å². The number of carbonyl (C=O) groups is 1. The number of aliphatic carboxylic acids is 1. The van der Waals surface area contributed by atoms with Gasteiger partial charge in [-0.1, -0.05) is 18.5 Å². The minimum atomic E-state index is -4.04. The number of carboxylic acids is 1. The molecule has 0 amide bonds. The molecular formula is C11H12ClNO6S. The number of halogens is 1. The van der Waals surface area contributed by atoms with Crippen molar-refractivity contribution in [1.82, 2.24) is 0 Å². The summed E-state index contributed by atoms with van der Waals surface area (Å²) in [6, 6.07) is 3.57. The van der Waals surface area contributed by atoms with Gasteiger partial charge in [-0.15, -0.1) is 0 Å². The number of sulfone groups is 1. The van der Waals surface area contributed by atoms with Crippen LogP contribution in [-0.4, -0.2) is 29.7 Å². The van der Waals surface area contributed by atoms with Gasteiger partial charge >= 0.3 is 5.97 Å². The molecule has 1 unspecified atom stereocenters. The first-order chi connectivity index (χ1) is 9.19. The maximum absolute atomic E-state index is 12.0. The molecule has 0 heterocycles. The maximum atomic E-state index is 12.0. The summed E-state index contributed by atoms with van der Waals surface area (Å²) in [7, 11) is -4.04. The molecule has 0 aliphatic rings. The first-order valence-corrected chi connectivity index (χ1v) is 7.65. The first-order valence-electron chi connectivity index (χ1n) is 5.56. The third-order valence-corrected chi connectivity index (χ3v) is 5.03. The van der Waals surface area contributed by atoms with Crippen LogP contribution < -0.4 is 0 Å². The molecule has 1 rings (SSSR count). The molecule has 20 heavy (non-hydrogen) atoms. The fourth-order valence-electron chi connectivity index (χ4n) is 1.73. The molecule has 1 aromatic rings. The van der Waals surface area contributed by atoms with Crippen molar-refractivity contribution in [2.24, 2.45) is 0 Å². The minimum Gasteiger partial charge on any atom is -0.480 e. The summed E-state index contributed by atoms with van der Waals surface area (Å²) in [4.78, 5) is 21.0. The van der Waals surface area contributed by atoms with E-state index in [0.29, 0.717) is 0 Å². The van der Waals surface area contributed by atoms with Crippen LogP contribution in [0.4, 0.5) is 5.69 Å². The molecule has 0 aromatic heterocycles. The monoisotopic (exact) mass is 321 g/mol. The molecule has 0 radical (unpaired) electrons. The van der Waals surface area contributed by atoms with Crippen LogP contribution in [0.1, 0.15) is 18.9 Å². The molecule has 0 saturated heterocycles. The van der Waals surface area contributed by atoms with Crippen LogP contribution >= 0.6 is 11.6 Å². The lowest BCUT2D eigenvalue weighted by molar-refractivity contribution is -0.385. The average Bonchev–Trinajstić information content (AvgIpc) is 2.30. The van der Waals surface area contributed by atoms with Crippen molar-refractivity contribution in [3.05, 3.63) is 38.9 Å². The fourth-order valence-corrected chi connectivity index (χ4v) is 3.59. The van der Waals surface area contributed by atoms with E-state index in [1.54, 1.807) is 0 Å². The van der Waals surface area contributed by atoms with Gasteiger partial charge in [0.25, 0.3) is 5.69 Å². The zero-order valence-corrected chi connectivity index (χ0v) is 12.0. The smallest absolute Gasteiger partial charge is 0.321 e. The summed E-state index contributed by atoms with van der Waals surface area (Å²) in [5.74, 6) is -2.19. The normalized spacial score (nSPS) is 12.9. The van der Waals surface area contributed by atoms with Crippen LogP contribution in [0.3, 0.4) is 0 Å². The number of hydrogen-bond acceptors (Lipinski definition) is 5. The Labute approximate surface area is 120 Å². The Bertz CT molecular complexity index is 642. The SMILES string of the molecule is CCC(C(=O)O)S(=O)(=O)Cc1ccc(Cl)cc1[N+](=O)[O-]. The highest BCUT2D eigenvalue weighted by molar-refractivity contribution is 7.92. The molecule has 0 saturated carbocycles. The molecule has 1 aromatic carbocycles. The summed E-state index contributed by atoms with van der Waals surface area (Å²) >= 11 is 5.62. The molecule has 110 valence electrons. The van der Waals surface area contributed by atoms with E-state index < -0.39 is 37.4 Å². The molecule has 0 fully saturated rings. The van der Waals surface area contributed by atoms with Crippen LogP contribution in [0.2, 0.25) is 5.02 Å². The topological polar surface area (TPSA) is 115 Å². The third-order valence-electron chi connectivity index (χ3n) is 2.68. The van der Waals surface area contributed by atoms with Gasteiger partial charge in [0.05, 0.1) is 10.7 Å². The number of rotatable bonds is 6. The van der Waals surface area contributed by atoms with Crippen molar-refractivity contribution in [2.45, 2.75) is 24.3 Å². The first kappa shape index (κ1) is 16.4. The van der Waals surface area contributed by atoms with E-state index in [1.165, 1.54) is 19.1 Å². The second-order valence-electron chi connectivity index (χ2n) is 4.07. The molecular weight excluding hydrogens is 310 g/mol. The van der Waals surface area contributed by atoms with E-state index in [-0.39, 0.29) is 17.0 Å². The van der Waals surface area contributed by atoms with E-state index in [0.717, 1.165) is 6.07 Å². The van der Waals surface area contributed by atoms with E-state index >= 15 is 0 Å². The Morgan fingerprint density at radius 3 is 2.55 bits per heavy atom. The Kier molecular flexibility index (Phi) is 5.07. The highest BCUT2D eigenvalue weighted by atomic mass is 35.5. The maximum Gasteiger partial charge on any atom is 0.321 e. The lowest BCUT2D eigenvalue weighted by atomic mass is 10.2. The molecule has 7 nitrogen and oxygen atoms in total. The van der Waals surface area contributed by atoms with Gasteiger partial charge in [0.15, 0.2) is 15.1 Å². The van der Waals surface area contributed by atoms with E-state index in [4.69, 9.17) is 16.7 Å². The Morgan fingerprint density at radius 2 is 2.10 bits per heavy atom. The zero-order valence-electron chi connectivity index (χ0n) is 10.4. The minimum absolute atomic E-state index is 0.0842. The summed E-state index contributed by atoms with van der Waals surface area (Å²) in [6.07, 6.45) is -0.112. The lowest BCUT2D eigenvalue weighted by Gasteiger charge is -2.11. The van der Waals surface area contributed by atoms with Gasteiger partial charge in [0.1, 0.15) is 0 Å². The van der Waals surface area contributed by atoms with Crippen molar-refractivity contribution in [3.63, 3.8) is 0 Å². The third kappa shape index (κ3) is 3.67. The van der Waals surface area contributed by atoms with Gasteiger partial charge in [0, 0.05) is 16.7 Å². The Balaban J connectivity index is 3.22. The summed E-state index contributed by atoms with van der Waals surface area (Å²) in [5.41, 5.74) is -0.527. The Morgan fingerprint density at radius 1 is 1.50 bits per heavy atom. The average molecular weight is 322 g/mol. The van der Waals surface area contributed by atoms with Crippen LogP contribution in [0.5, 0.6) is 0 Å². The lowest BCUT2D eigenvalue weighted by Crippen LogP contribution is -2.30. The van der Waals surface area contributed by atoms with Crippen LogP contribution in [-0.2, 0) is 20.4 Å². The van der Waals surface area contributed by atoms with Crippen LogP contribution in [0, 0.1) is 10.1 Å². The predicted molar refractivity (Wildman–Crippen MR) is 72.4 cm³/mol. The van der Waals surface area contributed by atoms with Gasteiger partial charge < -0.3 is 5.11 Å². The number of nitro benzene ring substituents is 1. The Hall–Kier alpha value is -1.67. The van der Waals surface area contributed by atoms with Crippen LogP contribution in [0.25, 0.3) is 0 Å². The summed E-state index contributed by atoms with van der Waals surface area (Å²) in [5, 5.41) is 18.3. The number of carboxylic acid groups (broad SMARTS) is 1. The standard InChI is InChI=1S/C11H12ClNO6S/c1-2-10(11(14)15)20(18,19)6-7-3-4-8(12)5-9(7)13(16)17/h3-5,10H,2,6H2,1H3,(H,14,15). The van der Waals surface area contributed by atoms with Crippen molar-refractivity contribution < 1.29 is 23.2 Å².